The van der Waals surface area contributed by atoms with Gasteiger partial charge in [0.05, 0.1) is 0 Å². The molecule has 1 heteroatoms. The van der Waals surface area contributed by atoms with Crippen LogP contribution in [0, 0.1) is 11.3 Å². The molecule has 1 unspecified atom stereocenters. The number of hydrogen-bond acceptors (Lipinski definition) is 1. The molecule has 0 spiro atoms. The van der Waals surface area contributed by atoms with Gasteiger partial charge in [0.2, 0.25) is 0 Å². The number of rotatable bonds is 4. The van der Waals surface area contributed by atoms with Crippen molar-refractivity contribution < 1.29 is 0 Å². The van der Waals surface area contributed by atoms with Crippen molar-refractivity contribution in [3.63, 3.8) is 0 Å². The van der Waals surface area contributed by atoms with Crippen LogP contribution in [-0.2, 0) is 0 Å². The molecule has 1 rings (SSSR count). The lowest BCUT2D eigenvalue weighted by Gasteiger charge is -2.27. The van der Waals surface area contributed by atoms with Gasteiger partial charge in [-0.25, -0.2) is 0 Å². The highest BCUT2D eigenvalue weighted by Crippen LogP contribution is 2.30. The molecule has 0 radical (unpaired) electrons. The summed E-state index contributed by atoms with van der Waals surface area (Å²) < 4.78 is 0. The molecule has 2 N–H and O–H groups in total. The molecule has 0 heterocycles. The molecule has 84 valence electrons. The second-order valence-corrected chi connectivity index (χ2v) is 6.05. The van der Waals surface area contributed by atoms with Crippen molar-refractivity contribution in [2.45, 2.75) is 71.8 Å². The Morgan fingerprint density at radius 2 is 1.79 bits per heavy atom. The molecule has 0 amide bonds. The molecule has 0 aromatic heterocycles. The summed E-state index contributed by atoms with van der Waals surface area (Å²) in [6.07, 6.45) is 9.86. The van der Waals surface area contributed by atoms with E-state index in [4.69, 9.17) is 5.73 Å². The molecule has 1 saturated carbocycles. The highest BCUT2D eigenvalue weighted by Gasteiger charge is 2.21. The standard InChI is InChI=1S/C13H27N/c1-13(2,3)12(14)10-6-9-11-7-4-5-8-11/h11-12H,4-10,14H2,1-3H3. The summed E-state index contributed by atoms with van der Waals surface area (Å²) in [5, 5.41) is 0. The third-order valence-corrected chi connectivity index (χ3v) is 3.71. The van der Waals surface area contributed by atoms with Crippen molar-refractivity contribution in [1.29, 1.82) is 0 Å². The van der Waals surface area contributed by atoms with Gasteiger partial charge >= 0.3 is 0 Å². The molecule has 0 bridgehead atoms. The van der Waals surface area contributed by atoms with Gasteiger partial charge in [-0.2, -0.15) is 0 Å². The van der Waals surface area contributed by atoms with E-state index in [-0.39, 0.29) is 5.41 Å². The van der Waals surface area contributed by atoms with Crippen LogP contribution in [0.25, 0.3) is 0 Å². The minimum absolute atomic E-state index is 0.287. The van der Waals surface area contributed by atoms with Crippen molar-refractivity contribution in [3.05, 3.63) is 0 Å². The van der Waals surface area contributed by atoms with E-state index in [1.807, 2.05) is 0 Å². The fourth-order valence-electron chi connectivity index (χ4n) is 2.36. The van der Waals surface area contributed by atoms with Crippen LogP contribution in [0.5, 0.6) is 0 Å². The molecule has 1 aliphatic carbocycles. The summed E-state index contributed by atoms with van der Waals surface area (Å²) in [5.41, 5.74) is 6.42. The maximum atomic E-state index is 6.14. The van der Waals surface area contributed by atoms with Crippen LogP contribution in [0.1, 0.15) is 65.7 Å². The normalized spacial score (nSPS) is 21.4. The number of hydrogen-bond donors (Lipinski definition) is 1. The molecule has 1 nitrogen and oxygen atoms in total. The average molecular weight is 197 g/mol. The van der Waals surface area contributed by atoms with Crippen molar-refractivity contribution in [2.24, 2.45) is 17.1 Å². The van der Waals surface area contributed by atoms with E-state index in [0.717, 1.165) is 5.92 Å². The van der Waals surface area contributed by atoms with Gasteiger partial charge in [-0.1, -0.05) is 59.3 Å². The molecule has 1 fully saturated rings. The summed E-state index contributed by atoms with van der Waals surface area (Å²) in [4.78, 5) is 0. The maximum Gasteiger partial charge on any atom is 0.00876 e. The lowest BCUT2D eigenvalue weighted by atomic mass is 9.84. The van der Waals surface area contributed by atoms with E-state index >= 15 is 0 Å². The van der Waals surface area contributed by atoms with Gasteiger partial charge in [-0.05, 0) is 17.8 Å². The van der Waals surface area contributed by atoms with Crippen LogP contribution < -0.4 is 5.73 Å². The lowest BCUT2D eigenvalue weighted by molar-refractivity contribution is 0.292. The largest absolute Gasteiger partial charge is 0.327 e. The van der Waals surface area contributed by atoms with E-state index in [2.05, 4.69) is 20.8 Å². The van der Waals surface area contributed by atoms with Crippen molar-refractivity contribution in [2.75, 3.05) is 0 Å². The predicted octanol–water partition coefficient (Wildman–Crippen LogP) is 3.72. The summed E-state index contributed by atoms with van der Waals surface area (Å²) in [5.74, 6) is 1.03. The first-order valence-corrected chi connectivity index (χ1v) is 6.26. The predicted molar refractivity (Wildman–Crippen MR) is 63.2 cm³/mol. The molecule has 1 atom stereocenters. The first kappa shape index (κ1) is 12.0. The van der Waals surface area contributed by atoms with Gasteiger partial charge in [-0.3, -0.25) is 0 Å². The maximum absolute atomic E-state index is 6.14. The molecule has 0 aliphatic heterocycles. The van der Waals surface area contributed by atoms with Gasteiger partial charge in [-0.15, -0.1) is 0 Å². The van der Waals surface area contributed by atoms with Crippen molar-refractivity contribution >= 4 is 0 Å². The van der Waals surface area contributed by atoms with Crippen molar-refractivity contribution in [1.82, 2.24) is 0 Å². The van der Waals surface area contributed by atoms with Gasteiger partial charge < -0.3 is 5.73 Å². The third kappa shape index (κ3) is 4.00. The van der Waals surface area contributed by atoms with Crippen LogP contribution in [0.2, 0.25) is 0 Å². The van der Waals surface area contributed by atoms with Crippen LogP contribution in [0.3, 0.4) is 0 Å². The molecular weight excluding hydrogens is 170 g/mol. The second-order valence-electron chi connectivity index (χ2n) is 6.05. The van der Waals surface area contributed by atoms with Crippen molar-refractivity contribution in [3.8, 4) is 0 Å². The Balaban J connectivity index is 2.08. The summed E-state index contributed by atoms with van der Waals surface area (Å²) >= 11 is 0. The van der Waals surface area contributed by atoms with E-state index in [0.29, 0.717) is 6.04 Å². The minimum Gasteiger partial charge on any atom is -0.327 e. The average Bonchev–Trinajstić information content (AvgIpc) is 2.55. The quantitative estimate of drug-likeness (QED) is 0.730. The van der Waals surface area contributed by atoms with Crippen LogP contribution in [0.15, 0.2) is 0 Å². The summed E-state index contributed by atoms with van der Waals surface area (Å²) in [7, 11) is 0. The third-order valence-electron chi connectivity index (χ3n) is 3.71. The monoisotopic (exact) mass is 197 g/mol. The lowest BCUT2D eigenvalue weighted by Crippen LogP contribution is -2.34. The molecule has 0 saturated heterocycles. The van der Waals surface area contributed by atoms with Crippen LogP contribution in [-0.4, -0.2) is 6.04 Å². The van der Waals surface area contributed by atoms with Crippen LogP contribution >= 0.6 is 0 Å². The number of nitrogens with two attached hydrogens (primary N) is 1. The smallest absolute Gasteiger partial charge is 0.00876 e. The molecule has 0 aromatic carbocycles. The van der Waals surface area contributed by atoms with E-state index in [9.17, 15) is 0 Å². The summed E-state index contributed by atoms with van der Waals surface area (Å²) in [6, 6.07) is 0.379. The Morgan fingerprint density at radius 1 is 1.21 bits per heavy atom. The topological polar surface area (TPSA) is 26.0 Å². The second kappa shape index (κ2) is 5.16. The summed E-state index contributed by atoms with van der Waals surface area (Å²) in [6.45, 7) is 6.73. The fraction of sp³-hybridized carbons (Fsp3) is 1.00. The Labute approximate surface area is 89.5 Å². The van der Waals surface area contributed by atoms with Gasteiger partial charge in [0.25, 0.3) is 0 Å². The Morgan fingerprint density at radius 3 is 2.29 bits per heavy atom. The van der Waals surface area contributed by atoms with Gasteiger partial charge in [0, 0.05) is 6.04 Å². The Kier molecular flexibility index (Phi) is 4.43. The first-order chi connectivity index (χ1) is 6.50. The zero-order valence-electron chi connectivity index (χ0n) is 10.2. The van der Waals surface area contributed by atoms with Crippen LogP contribution in [0.4, 0.5) is 0 Å². The van der Waals surface area contributed by atoms with Gasteiger partial charge in [0.1, 0.15) is 0 Å². The Bertz CT molecular complexity index is 151. The first-order valence-electron chi connectivity index (χ1n) is 6.26. The van der Waals surface area contributed by atoms with Gasteiger partial charge in [0.15, 0.2) is 0 Å². The van der Waals surface area contributed by atoms with E-state index < -0.39 is 0 Å². The van der Waals surface area contributed by atoms with E-state index in [1.165, 1.54) is 44.9 Å². The zero-order valence-corrected chi connectivity index (χ0v) is 10.2. The minimum atomic E-state index is 0.287. The fourth-order valence-corrected chi connectivity index (χ4v) is 2.36. The molecule has 14 heavy (non-hydrogen) atoms. The SMILES string of the molecule is CC(C)(C)C(N)CCCC1CCCC1. The highest BCUT2D eigenvalue weighted by molar-refractivity contribution is 4.77. The molecular formula is C13H27N. The zero-order chi connectivity index (χ0) is 10.6. The Hall–Kier alpha value is -0.0400. The molecule has 0 aromatic rings. The highest BCUT2D eigenvalue weighted by atomic mass is 14.7. The molecule has 1 aliphatic rings. The van der Waals surface area contributed by atoms with E-state index in [1.54, 1.807) is 0 Å².